The largest absolute Gasteiger partial charge is 0.454 e. The zero-order chi connectivity index (χ0) is 17.5. The Morgan fingerprint density at radius 1 is 0.846 bits per heavy atom. The molecule has 26 heavy (non-hydrogen) atoms. The van der Waals surface area contributed by atoms with Crippen molar-refractivity contribution in [1.29, 1.82) is 0 Å². The molecule has 5 rings (SSSR count). The van der Waals surface area contributed by atoms with E-state index in [0.29, 0.717) is 33.8 Å². The first kappa shape index (κ1) is 14.7. The number of para-hydroxylation sites is 4. The lowest BCUT2D eigenvalue weighted by atomic mass is 10.1. The SMILES string of the molecule is O=C(Nc1cccc2c1OCO2)c1cccc2nc3ccccc3nc12. The van der Waals surface area contributed by atoms with Gasteiger partial charge in [0.25, 0.3) is 5.91 Å². The maximum absolute atomic E-state index is 12.9. The van der Waals surface area contributed by atoms with E-state index in [1.54, 1.807) is 30.3 Å². The lowest BCUT2D eigenvalue weighted by Crippen LogP contribution is -2.13. The highest BCUT2D eigenvalue weighted by molar-refractivity contribution is 6.12. The summed E-state index contributed by atoms with van der Waals surface area (Å²) in [5.41, 5.74) is 3.80. The first-order valence-corrected chi connectivity index (χ1v) is 8.15. The van der Waals surface area contributed by atoms with Crippen LogP contribution in [0.4, 0.5) is 5.69 Å². The fraction of sp³-hybridized carbons (Fsp3) is 0.0500. The molecule has 6 nitrogen and oxygen atoms in total. The monoisotopic (exact) mass is 343 g/mol. The summed E-state index contributed by atoms with van der Waals surface area (Å²) in [5.74, 6) is 0.883. The van der Waals surface area contributed by atoms with Gasteiger partial charge in [0, 0.05) is 0 Å². The third-order valence-electron chi connectivity index (χ3n) is 4.26. The minimum atomic E-state index is -0.274. The fourth-order valence-corrected chi connectivity index (χ4v) is 3.04. The van der Waals surface area contributed by atoms with Gasteiger partial charge in [0.2, 0.25) is 6.79 Å². The Bertz CT molecular complexity index is 1170. The van der Waals surface area contributed by atoms with E-state index >= 15 is 0 Å². The molecule has 1 aliphatic rings. The number of aromatic nitrogens is 2. The van der Waals surface area contributed by atoms with Gasteiger partial charge in [-0.25, -0.2) is 9.97 Å². The Morgan fingerprint density at radius 3 is 2.50 bits per heavy atom. The molecule has 0 atom stereocenters. The second kappa shape index (κ2) is 5.70. The number of amides is 1. The van der Waals surface area contributed by atoms with E-state index in [4.69, 9.17) is 9.47 Å². The second-order valence-electron chi connectivity index (χ2n) is 5.88. The molecule has 0 bridgehead atoms. The minimum Gasteiger partial charge on any atom is -0.454 e. The predicted molar refractivity (Wildman–Crippen MR) is 97.6 cm³/mol. The average molecular weight is 343 g/mol. The number of carbonyl (C=O) groups is 1. The quantitative estimate of drug-likeness (QED) is 0.561. The number of benzene rings is 3. The maximum Gasteiger partial charge on any atom is 0.258 e. The molecule has 1 amide bonds. The van der Waals surface area contributed by atoms with Gasteiger partial charge >= 0.3 is 0 Å². The summed E-state index contributed by atoms with van der Waals surface area (Å²) in [6, 6.07) is 18.4. The topological polar surface area (TPSA) is 73.3 Å². The van der Waals surface area contributed by atoms with Crippen molar-refractivity contribution in [2.24, 2.45) is 0 Å². The van der Waals surface area contributed by atoms with Crippen LogP contribution in [0.3, 0.4) is 0 Å². The van der Waals surface area contributed by atoms with Crippen LogP contribution in [-0.4, -0.2) is 22.7 Å². The summed E-state index contributed by atoms with van der Waals surface area (Å²) < 4.78 is 10.8. The molecule has 3 aromatic carbocycles. The number of nitrogens with one attached hydrogen (secondary N) is 1. The number of fused-ring (bicyclic) bond motifs is 3. The first-order chi connectivity index (χ1) is 12.8. The number of hydrogen-bond donors (Lipinski definition) is 1. The van der Waals surface area contributed by atoms with Crippen molar-refractivity contribution < 1.29 is 14.3 Å². The lowest BCUT2D eigenvalue weighted by Gasteiger charge is -2.10. The first-order valence-electron chi connectivity index (χ1n) is 8.15. The third kappa shape index (κ3) is 2.31. The van der Waals surface area contributed by atoms with Crippen molar-refractivity contribution in [2.75, 3.05) is 12.1 Å². The summed E-state index contributed by atoms with van der Waals surface area (Å²) in [7, 11) is 0. The summed E-state index contributed by atoms with van der Waals surface area (Å²) in [6.45, 7) is 0.147. The van der Waals surface area contributed by atoms with Gasteiger partial charge in [-0.1, -0.05) is 24.3 Å². The zero-order valence-electron chi connectivity index (χ0n) is 13.6. The number of carbonyl (C=O) groups excluding carboxylic acids is 1. The molecular formula is C20H13N3O3. The fourth-order valence-electron chi connectivity index (χ4n) is 3.04. The third-order valence-corrected chi connectivity index (χ3v) is 4.26. The number of ether oxygens (including phenoxy) is 2. The predicted octanol–water partition coefficient (Wildman–Crippen LogP) is 3.76. The smallest absolute Gasteiger partial charge is 0.258 e. The number of rotatable bonds is 2. The van der Waals surface area contributed by atoms with E-state index in [1.165, 1.54) is 0 Å². The van der Waals surface area contributed by atoms with E-state index < -0.39 is 0 Å². The highest BCUT2D eigenvalue weighted by Crippen LogP contribution is 2.39. The van der Waals surface area contributed by atoms with Gasteiger partial charge in [0.1, 0.15) is 5.52 Å². The Labute approximate surface area is 148 Å². The Morgan fingerprint density at radius 2 is 1.62 bits per heavy atom. The molecule has 4 aromatic rings. The van der Waals surface area contributed by atoms with Gasteiger partial charge in [-0.2, -0.15) is 0 Å². The normalized spacial score (nSPS) is 12.5. The second-order valence-corrected chi connectivity index (χ2v) is 5.88. The maximum atomic E-state index is 12.9. The van der Waals surface area contributed by atoms with Crippen LogP contribution in [0.15, 0.2) is 60.7 Å². The van der Waals surface area contributed by atoms with Crippen LogP contribution in [0.5, 0.6) is 11.5 Å². The van der Waals surface area contributed by atoms with E-state index in [1.807, 2.05) is 30.3 Å². The molecule has 0 radical (unpaired) electrons. The molecule has 1 aliphatic heterocycles. The number of hydrogen-bond acceptors (Lipinski definition) is 5. The molecule has 126 valence electrons. The van der Waals surface area contributed by atoms with Crippen molar-refractivity contribution >= 4 is 33.7 Å². The van der Waals surface area contributed by atoms with Gasteiger partial charge < -0.3 is 14.8 Å². The molecule has 0 saturated carbocycles. The molecule has 0 unspecified atom stereocenters. The van der Waals surface area contributed by atoms with Crippen LogP contribution in [0, 0.1) is 0 Å². The van der Waals surface area contributed by atoms with Crippen molar-refractivity contribution in [3.05, 3.63) is 66.2 Å². The standard InChI is InChI=1S/C20H13N3O3/c24-20(23-16-9-4-10-17-19(16)26-11-25-17)12-5-3-8-15-18(12)22-14-7-2-1-6-13(14)21-15/h1-10H,11H2,(H,23,24). The lowest BCUT2D eigenvalue weighted by molar-refractivity contribution is 0.102. The number of anilines is 1. The van der Waals surface area contributed by atoms with Crippen LogP contribution in [-0.2, 0) is 0 Å². The average Bonchev–Trinajstić information content (AvgIpc) is 3.15. The van der Waals surface area contributed by atoms with E-state index in [0.717, 1.165) is 11.0 Å². The van der Waals surface area contributed by atoms with Gasteiger partial charge in [0.15, 0.2) is 11.5 Å². The summed E-state index contributed by atoms with van der Waals surface area (Å²) in [4.78, 5) is 22.1. The zero-order valence-corrected chi connectivity index (χ0v) is 13.6. The summed E-state index contributed by atoms with van der Waals surface area (Å²) in [5, 5.41) is 2.89. The Kier molecular flexibility index (Phi) is 3.21. The molecule has 1 aromatic heterocycles. The van der Waals surface area contributed by atoms with E-state index in [9.17, 15) is 4.79 Å². The summed E-state index contributed by atoms with van der Waals surface area (Å²) >= 11 is 0. The highest BCUT2D eigenvalue weighted by Gasteiger charge is 2.20. The van der Waals surface area contributed by atoms with Crippen molar-refractivity contribution in [3.63, 3.8) is 0 Å². The van der Waals surface area contributed by atoms with Crippen LogP contribution < -0.4 is 14.8 Å². The van der Waals surface area contributed by atoms with Crippen molar-refractivity contribution in [1.82, 2.24) is 9.97 Å². The highest BCUT2D eigenvalue weighted by atomic mass is 16.7. The number of nitrogens with zero attached hydrogens (tertiary/aromatic N) is 2. The van der Waals surface area contributed by atoms with Crippen LogP contribution in [0.2, 0.25) is 0 Å². The van der Waals surface area contributed by atoms with Crippen molar-refractivity contribution in [2.45, 2.75) is 0 Å². The molecule has 0 saturated heterocycles. The molecule has 0 fully saturated rings. The molecule has 6 heteroatoms. The minimum absolute atomic E-state index is 0.147. The van der Waals surface area contributed by atoms with Crippen molar-refractivity contribution in [3.8, 4) is 11.5 Å². The Balaban J connectivity index is 1.59. The van der Waals surface area contributed by atoms with E-state index in [-0.39, 0.29) is 12.7 Å². The molecule has 0 aliphatic carbocycles. The molecule has 0 spiro atoms. The molecule has 1 N–H and O–H groups in total. The van der Waals surface area contributed by atoms with Gasteiger partial charge in [-0.05, 0) is 36.4 Å². The Hall–Kier alpha value is -3.67. The van der Waals surface area contributed by atoms with Crippen LogP contribution in [0.25, 0.3) is 22.1 Å². The van der Waals surface area contributed by atoms with Crippen LogP contribution >= 0.6 is 0 Å². The van der Waals surface area contributed by atoms with Gasteiger partial charge in [0.05, 0.1) is 27.8 Å². The van der Waals surface area contributed by atoms with E-state index in [2.05, 4.69) is 15.3 Å². The molecular weight excluding hydrogens is 330 g/mol. The van der Waals surface area contributed by atoms with Gasteiger partial charge in [-0.15, -0.1) is 0 Å². The molecule has 2 heterocycles. The van der Waals surface area contributed by atoms with Gasteiger partial charge in [-0.3, -0.25) is 4.79 Å². The summed E-state index contributed by atoms with van der Waals surface area (Å²) in [6.07, 6.45) is 0. The van der Waals surface area contributed by atoms with Crippen LogP contribution in [0.1, 0.15) is 10.4 Å².